The van der Waals surface area contributed by atoms with E-state index in [0.717, 1.165) is 0 Å². The standard InChI is InChI=1S/C9H7BrClF2NO2/c10-8-7(9(12)13)4(2-6(15)16)1-5(3-11)14-8/h1,9H,2-3H2,(H,15,16). The highest BCUT2D eigenvalue weighted by molar-refractivity contribution is 9.10. The van der Waals surface area contributed by atoms with Gasteiger partial charge in [-0.05, 0) is 27.6 Å². The van der Waals surface area contributed by atoms with E-state index in [1.165, 1.54) is 6.07 Å². The van der Waals surface area contributed by atoms with Gasteiger partial charge >= 0.3 is 5.97 Å². The van der Waals surface area contributed by atoms with Gasteiger partial charge in [-0.2, -0.15) is 0 Å². The van der Waals surface area contributed by atoms with E-state index in [4.69, 9.17) is 16.7 Å². The van der Waals surface area contributed by atoms with Gasteiger partial charge in [-0.15, -0.1) is 11.6 Å². The van der Waals surface area contributed by atoms with Crippen molar-refractivity contribution in [3.63, 3.8) is 0 Å². The highest BCUT2D eigenvalue weighted by atomic mass is 79.9. The molecule has 0 aliphatic rings. The normalized spacial score (nSPS) is 10.8. The number of carboxylic acid groups (broad SMARTS) is 1. The highest BCUT2D eigenvalue weighted by Crippen LogP contribution is 2.30. The van der Waals surface area contributed by atoms with Crippen LogP contribution in [0.15, 0.2) is 10.7 Å². The second kappa shape index (κ2) is 5.54. The minimum absolute atomic E-state index is 0.0278. The Balaban J connectivity index is 3.28. The van der Waals surface area contributed by atoms with Crippen LogP contribution in [0.5, 0.6) is 0 Å². The van der Waals surface area contributed by atoms with E-state index in [1.807, 2.05) is 0 Å². The SMILES string of the molecule is O=C(O)Cc1cc(CCl)nc(Br)c1C(F)F. The van der Waals surface area contributed by atoms with Crippen LogP contribution in [-0.2, 0) is 17.1 Å². The lowest BCUT2D eigenvalue weighted by Crippen LogP contribution is -2.07. The number of aliphatic carboxylic acids is 1. The molecule has 1 rings (SSSR count). The number of pyridine rings is 1. The van der Waals surface area contributed by atoms with Gasteiger partial charge in [0.2, 0.25) is 0 Å². The van der Waals surface area contributed by atoms with Gasteiger partial charge < -0.3 is 5.11 Å². The van der Waals surface area contributed by atoms with Crippen LogP contribution >= 0.6 is 27.5 Å². The van der Waals surface area contributed by atoms with Gasteiger partial charge in [0.15, 0.2) is 0 Å². The molecule has 1 aromatic heterocycles. The van der Waals surface area contributed by atoms with Crippen LogP contribution in [-0.4, -0.2) is 16.1 Å². The Kier molecular flexibility index (Phi) is 4.61. The molecule has 0 spiro atoms. The Morgan fingerprint density at radius 1 is 1.62 bits per heavy atom. The van der Waals surface area contributed by atoms with E-state index in [0.29, 0.717) is 5.69 Å². The summed E-state index contributed by atoms with van der Waals surface area (Å²) in [5.74, 6) is -1.14. The van der Waals surface area contributed by atoms with E-state index >= 15 is 0 Å². The molecule has 1 aromatic rings. The zero-order valence-electron chi connectivity index (χ0n) is 7.88. The summed E-state index contributed by atoms with van der Waals surface area (Å²) >= 11 is 8.41. The third-order valence-corrected chi connectivity index (χ3v) is 2.73. The molecule has 0 saturated carbocycles. The van der Waals surface area contributed by atoms with Gasteiger partial charge in [0, 0.05) is 0 Å². The van der Waals surface area contributed by atoms with Crippen molar-refractivity contribution in [3.05, 3.63) is 27.5 Å². The second-order valence-electron chi connectivity index (χ2n) is 2.98. The Bertz CT molecular complexity index is 415. The molecular weight excluding hydrogens is 307 g/mol. The van der Waals surface area contributed by atoms with Crippen LogP contribution in [0.4, 0.5) is 8.78 Å². The maximum atomic E-state index is 12.7. The minimum Gasteiger partial charge on any atom is -0.481 e. The fourth-order valence-corrected chi connectivity index (χ4v) is 2.03. The van der Waals surface area contributed by atoms with E-state index in [9.17, 15) is 13.6 Å². The number of nitrogens with zero attached hydrogens (tertiary/aromatic N) is 1. The van der Waals surface area contributed by atoms with Crippen molar-refractivity contribution in [1.29, 1.82) is 0 Å². The zero-order chi connectivity index (χ0) is 12.3. The smallest absolute Gasteiger partial charge is 0.307 e. The summed E-state index contributed by atoms with van der Waals surface area (Å²) in [6.07, 6.45) is -3.26. The molecule has 0 bridgehead atoms. The van der Waals surface area contributed by atoms with E-state index in [1.54, 1.807) is 0 Å². The summed E-state index contributed by atoms with van der Waals surface area (Å²) in [4.78, 5) is 14.3. The monoisotopic (exact) mass is 313 g/mol. The summed E-state index contributed by atoms with van der Waals surface area (Å²) in [6.45, 7) is 0. The predicted molar refractivity (Wildman–Crippen MR) is 57.8 cm³/mol. The average molecular weight is 315 g/mol. The fraction of sp³-hybridized carbons (Fsp3) is 0.333. The van der Waals surface area contributed by atoms with Crippen molar-refractivity contribution in [1.82, 2.24) is 4.98 Å². The first kappa shape index (κ1) is 13.3. The summed E-state index contributed by atoms with van der Waals surface area (Å²) in [7, 11) is 0. The first-order valence-corrected chi connectivity index (χ1v) is 5.52. The van der Waals surface area contributed by atoms with Crippen LogP contribution in [0.3, 0.4) is 0 Å². The largest absolute Gasteiger partial charge is 0.481 e. The van der Waals surface area contributed by atoms with Gasteiger partial charge in [0.1, 0.15) is 4.60 Å². The number of hydrogen-bond donors (Lipinski definition) is 1. The van der Waals surface area contributed by atoms with Gasteiger partial charge in [0.05, 0.1) is 23.6 Å². The average Bonchev–Trinajstić information content (AvgIpc) is 2.14. The third-order valence-electron chi connectivity index (χ3n) is 1.85. The molecule has 0 atom stereocenters. The van der Waals surface area contributed by atoms with Gasteiger partial charge in [0.25, 0.3) is 6.43 Å². The lowest BCUT2D eigenvalue weighted by atomic mass is 10.1. The second-order valence-corrected chi connectivity index (χ2v) is 4.00. The minimum atomic E-state index is -2.78. The number of rotatable bonds is 4. The van der Waals surface area contributed by atoms with Crippen molar-refractivity contribution in [3.8, 4) is 0 Å². The molecule has 0 unspecified atom stereocenters. The van der Waals surface area contributed by atoms with Gasteiger partial charge in [-0.25, -0.2) is 13.8 Å². The Hall–Kier alpha value is -0.750. The zero-order valence-corrected chi connectivity index (χ0v) is 10.2. The summed E-state index contributed by atoms with van der Waals surface area (Å²) in [5, 5.41) is 8.61. The molecule has 0 amide bonds. The van der Waals surface area contributed by atoms with Gasteiger partial charge in [-0.1, -0.05) is 0 Å². The Morgan fingerprint density at radius 3 is 2.69 bits per heavy atom. The van der Waals surface area contributed by atoms with E-state index in [2.05, 4.69) is 20.9 Å². The quantitative estimate of drug-likeness (QED) is 0.686. The Labute approximate surface area is 104 Å². The molecule has 1 N–H and O–H groups in total. The lowest BCUT2D eigenvalue weighted by Gasteiger charge is -2.10. The molecule has 0 aliphatic carbocycles. The maximum absolute atomic E-state index is 12.7. The molecule has 3 nitrogen and oxygen atoms in total. The number of carbonyl (C=O) groups is 1. The summed E-state index contributed by atoms with van der Waals surface area (Å²) < 4.78 is 25.3. The van der Waals surface area contributed by atoms with E-state index in [-0.39, 0.29) is 16.0 Å². The molecule has 16 heavy (non-hydrogen) atoms. The van der Waals surface area contributed by atoms with Crippen LogP contribution < -0.4 is 0 Å². The molecule has 0 radical (unpaired) electrons. The van der Waals surface area contributed by atoms with Crippen molar-refractivity contribution in [2.24, 2.45) is 0 Å². The highest BCUT2D eigenvalue weighted by Gasteiger charge is 2.20. The van der Waals surface area contributed by atoms with Gasteiger partial charge in [-0.3, -0.25) is 4.79 Å². The van der Waals surface area contributed by atoms with Crippen LogP contribution in [0.2, 0.25) is 0 Å². The number of halogens is 4. The summed E-state index contributed by atoms with van der Waals surface area (Å²) in [5.41, 5.74) is -0.00881. The fourth-order valence-electron chi connectivity index (χ4n) is 1.24. The number of hydrogen-bond acceptors (Lipinski definition) is 2. The molecule has 88 valence electrons. The van der Waals surface area contributed by atoms with Crippen molar-refractivity contribution in [2.75, 3.05) is 0 Å². The molecule has 0 aliphatic heterocycles. The number of aromatic nitrogens is 1. The molecule has 0 fully saturated rings. The molecule has 0 saturated heterocycles. The summed E-state index contributed by atoms with van der Waals surface area (Å²) in [6, 6.07) is 1.29. The number of alkyl halides is 3. The van der Waals surface area contributed by atoms with Crippen molar-refractivity contribution >= 4 is 33.5 Å². The lowest BCUT2D eigenvalue weighted by molar-refractivity contribution is -0.136. The molecule has 1 heterocycles. The van der Waals surface area contributed by atoms with Crippen molar-refractivity contribution < 1.29 is 18.7 Å². The number of carboxylic acids is 1. The van der Waals surface area contributed by atoms with Crippen LogP contribution in [0.1, 0.15) is 23.2 Å². The molecular formula is C9H7BrClF2NO2. The Morgan fingerprint density at radius 2 is 2.25 bits per heavy atom. The molecule has 7 heteroatoms. The first-order valence-electron chi connectivity index (χ1n) is 4.19. The third kappa shape index (κ3) is 3.12. The molecule has 0 aromatic carbocycles. The first-order chi connectivity index (χ1) is 7.45. The van der Waals surface area contributed by atoms with Crippen molar-refractivity contribution in [2.45, 2.75) is 18.7 Å². The maximum Gasteiger partial charge on any atom is 0.307 e. The van der Waals surface area contributed by atoms with E-state index < -0.39 is 24.4 Å². The van der Waals surface area contributed by atoms with Crippen LogP contribution in [0.25, 0.3) is 0 Å². The topological polar surface area (TPSA) is 50.2 Å². The predicted octanol–water partition coefficient (Wildman–Crippen LogP) is 3.15. The van der Waals surface area contributed by atoms with Crippen LogP contribution in [0, 0.1) is 0 Å².